The van der Waals surface area contributed by atoms with E-state index in [1.54, 1.807) is 0 Å². The smallest absolute Gasteiger partial charge is 0.293 e. The first-order valence-corrected chi connectivity index (χ1v) is 30.7. The minimum atomic E-state index is -1.74. The predicted molar refractivity (Wildman–Crippen MR) is 325 cm³/mol. The molecule has 4 saturated carbocycles. The number of aliphatic hydroxyl groups excluding tert-OH is 5. The number of aromatic nitrogens is 2. The summed E-state index contributed by atoms with van der Waals surface area (Å²) in [5, 5.41) is 53.2. The van der Waals surface area contributed by atoms with Crippen molar-refractivity contribution in [3.63, 3.8) is 0 Å². The fraction of sp³-hybridized carbons (Fsp3) is 0.455. The van der Waals surface area contributed by atoms with Gasteiger partial charge in [0.05, 0.1) is 31.5 Å². The van der Waals surface area contributed by atoms with Crippen LogP contribution in [0.4, 0.5) is 0 Å². The highest BCUT2D eigenvalue weighted by Gasteiger charge is 2.47. The number of unbranched alkanes of at least 4 members (excludes halogenated alkanes) is 2. The van der Waals surface area contributed by atoms with Gasteiger partial charge in [0.15, 0.2) is 0 Å². The minimum absolute atomic E-state index is 0.0277. The number of hydrogen-bond donors (Lipinski definition) is 6. The number of hydrogen-bond acceptors (Lipinski definition) is 12. The molecule has 0 radical (unpaired) electrons. The fourth-order valence-corrected chi connectivity index (χ4v) is 12.1. The number of carbonyl (C=O) groups excluding carboxylic acids is 2. The van der Waals surface area contributed by atoms with E-state index in [2.05, 4.69) is 63.8 Å². The molecule has 4 aromatic carbocycles. The molecule has 4 aliphatic rings. The summed E-state index contributed by atoms with van der Waals surface area (Å²) in [4.78, 5) is 31.5. The predicted octanol–water partition coefficient (Wildman–Crippen LogP) is 12.3. The molecule has 10 rings (SSSR count). The summed E-state index contributed by atoms with van der Waals surface area (Å²) in [5.74, 6) is 1.57. The van der Waals surface area contributed by atoms with Crippen molar-refractivity contribution in [3.8, 4) is 33.8 Å². The molecule has 17 heteroatoms. The van der Waals surface area contributed by atoms with E-state index in [1.807, 2.05) is 61.2 Å². The Labute approximate surface area is 506 Å². The molecule has 2 heterocycles. The van der Waals surface area contributed by atoms with Gasteiger partial charge in [0.2, 0.25) is 5.91 Å². The second-order valence-electron chi connectivity index (χ2n) is 22.8. The number of carbonyl (C=O) groups is 2. The van der Waals surface area contributed by atoms with Crippen molar-refractivity contribution < 1.29 is 49.3 Å². The monoisotopic (exact) mass is 1210 g/mol. The third-order valence-corrected chi connectivity index (χ3v) is 18.0. The first-order valence-electron chi connectivity index (χ1n) is 29.2. The van der Waals surface area contributed by atoms with E-state index in [0.29, 0.717) is 54.6 Å². The van der Waals surface area contributed by atoms with Gasteiger partial charge < -0.3 is 45.1 Å². The lowest BCUT2D eigenvalue weighted by Crippen LogP contribution is -2.49. The molecule has 4 fully saturated rings. The standard InChI is InChI=1S/C36H44Cl2N2O7.C30H31Cl2NO3/c37-28-18-23(29(38)17-22(28)5-1-4-8-33(44)40-20-30(42)34(45)35(46)31(43)21-41)11-13-36(14-15-36)27-19-39-16-12-25(27)26-6-2-3-7-32(26)47-24-9-10-24;31-27-18-22(28(32)17-21(27)5-3-4-16-35-20-34)10-12-30(13-14-30)26-19-33-15-11-24(26)25-6-1-2-7-29(25)36-23-8-9-23/h2-3,6-7,12,16-19,24,30-31,34-35,41-43,45-46H,1,4-5,8-11,13-15,20-21H2,(H,40,44);1-2,6-7,11,15,17-20,23H,3-5,8-10,12-14,16H2/t30-,31+,34+,35+;/m0./s1. The second-order valence-corrected chi connectivity index (χ2v) is 24.5. The quantitative estimate of drug-likeness (QED) is 0.0178. The summed E-state index contributed by atoms with van der Waals surface area (Å²) >= 11 is 26.8. The highest BCUT2D eigenvalue weighted by molar-refractivity contribution is 6.34. The lowest BCUT2D eigenvalue weighted by molar-refractivity contribution is -0.128. The number of pyridine rings is 2. The van der Waals surface area contributed by atoms with Crippen LogP contribution >= 0.6 is 46.4 Å². The molecule has 4 atom stereocenters. The van der Waals surface area contributed by atoms with Crippen molar-refractivity contribution in [2.45, 2.75) is 169 Å². The zero-order valence-electron chi connectivity index (χ0n) is 46.7. The Morgan fingerprint density at radius 2 is 1.02 bits per heavy atom. The van der Waals surface area contributed by atoms with E-state index in [0.717, 1.165) is 151 Å². The van der Waals surface area contributed by atoms with E-state index < -0.39 is 31.0 Å². The zero-order valence-corrected chi connectivity index (χ0v) is 49.7. The zero-order chi connectivity index (χ0) is 58.5. The minimum Gasteiger partial charge on any atom is -0.490 e. The van der Waals surface area contributed by atoms with Gasteiger partial charge in [-0.3, -0.25) is 19.6 Å². The van der Waals surface area contributed by atoms with Crippen LogP contribution in [0, 0.1) is 0 Å². The maximum Gasteiger partial charge on any atom is 0.293 e. The third-order valence-electron chi connectivity index (χ3n) is 16.6. The van der Waals surface area contributed by atoms with Crippen molar-refractivity contribution in [3.05, 3.63) is 163 Å². The summed E-state index contributed by atoms with van der Waals surface area (Å²) in [7, 11) is 0. The molecule has 442 valence electrons. The third kappa shape index (κ3) is 16.8. The number of nitrogens with zero attached hydrogens (tertiary/aromatic N) is 2. The Bertz CT molecular complexity index is 3150. The molecule has 1 amide bonds. The van der Waals surface area contributed by atoms with E-state index in [4.69, 9.17) is 65.7 Å². The lowest BCUT2D eigenvalue weighted by Gasteiger charge is -2.25. The van der Waals surface area contributed by atoms with Crippen LogP contribution in [-0.4, -0.2) is 104 Å². The van der Waals surface area contributed by atoms with Crippen molar-refractivity contribution in [1.82, 2.24) is 15.3 Å². The van der Waals surface area contributed by atoms with Crippen LogP contribution in [0.2, 0.25) is 20.1 Å². The molecule has 0 unspecified atom stereocenters. The van der Waals surface area contributed by atoms with Crippen LogP contribution < -0.4 is 14.8 Å². The highest BCUT2D eigenvalue weighted by atomic mass is 35.5. The number of rotatable bonds is 31. The molecule has 0 bridgehead atoms. The lowest BCUT2D eigenvalue weighted by atomic mass is 9.85. The molecule has 0 aliphatic heterocycles. The average molecular weight is 1210 g/mol. The summed E-state index contributed by atoms with van der Waals surface area (Å²) < 4.78 is 17.3. The van der Waals surface area contributed by atoms with E-state index >= 15 is 0 Å². The van der Waals surface area contributed by atoms with Crippen LogP contribution in [0.15, 0.2) is 110 Å². The van der Waals surface area contributed by atoms with Crippen LogP contribution in [0.1, 0.15) is 130 Å². The number of nitrogens with one attached hydrogen (secondary N) is 1. The first kappa shape index (κ1) is 62.2. The van der Waals surface area contributed by atoms with Crippen LogP contribution in [0.5, 0.6) is 11.5 Å². The molecular weight excluding hydrogens is 1140 g/mol. The Hall–Kier alpha value is -5.32. The van der Waals surface area contributed by atoms with Crippen molar-refractivity contribution >= 4 is 58.8 Å². The normalized spacial score (nSPS) is 17.0. The maximum atomic E-state index is 12.2. The number of ether oxygens (including phenoxy) is 3. The second kappa shape index (κ2) is 29.2. The molecule has 13 nitrogen and oxygen atoms in total. The number of amides is 1. The Morgan fingerprint density at radius 3 is 1.46 bits per heavy atom. The SMILES string of the molecule is O=C(CCCCc1cc(Cl)c(CCC2(c3cnccc3-c3ccccc3OC3CC3)CC2)cc1Cl)NC[C@H](O)[C@@H](O)[C@H](O)[C@H](O)CO.O=COCCCCc1cc(Cl)c(CCC2(c3cnccc3-c3ccccc3OC3CC3)CC2)cc1Cl. The molecule has 6 N–H and O–H groups in total. The molecular formula is C66H75Cl4N3O10. The molecule has 83 heavy (non-hydrogen) atoms. The van der Waals surface area contributed by atoms with Crippen molar-refractivity contribution in [2.75, 3.05) is 19.8 Å². The van der Waals surface area contributed by atoms with E-state index in [-0.39, 0.29) is 29.7 Å². The highest BCUT2D eigenvalue weighted by Crippen LogP contribution is 2.56. The Morgan fingerprint density at radius 1 is 0.590 bits per heavy atom. The summed E-state index contributed by atoms with van der Waals surface area (Å²) in [5.41, 5.74) is 11.4. The van der Waals surface area contributed by atoms with Crippen LogP contribution in [0.3, 0.4) is 0 Å². The van der Waals surface area contributed by atoms with Gasteiger partial charge in [-0.1, -0.05) is 82.8 Å². The number of para-hydroxylation sites is 2. The number of aliphatic hydroxyl groups is 5. The Balaban J connectivity index is 0.000000206. The van der Waals surface area contributed by atoms with Gasteiger partial charge in [-0.25, -0.2) is 0 Å². The molecule has 4 aliphatic carbocycles. The first-order chi connectivity index (χ1) is 40.2. The average Bonchev–Trinajstić information content (AvgIpc) is 3.11. The van der Waals surface area contributed by atoms with Crippen molar-refractivity contribution in [1.29, 1.82) is 0 Å². The number of aryl methyl sites for hydroxylation is 4. The fourth-order valence-electron chi connectivity index (χ4n) is 10.9. The van der Waals surface area contributed by atoms with Crippen LogP contribution in [-0.2, 0) is 50.8 Å². The number of halogens is 4. The Kier molecular flexibility index (Phi) is 21.9. The van der Waals surface area contributed by atoms with Crippen LogP contribution in [0.25, 0.3) is 22.3 Å². The maximum absolute atomic E-state index is 12.2. The van der Waals surface area contributed by atoms with E-state index in [9.17, 15) is 30.0 Å². The summed E-state index contributed by atoms with van der Waals surface area (Å²) in [6, 6.07) is 28.8. The summed E-state index contributed by atoms with van der Waals surface area (Å²) in [6.45, 7) is -0.151. The van der Waals surface area contributed by atoms with Gasteiger partial charge in [0.25, 0.3) is 6.47 Å². The van der Waals surface area contributed by atoms with Gasteiger partial charge in [-0.15, -0.1) is 0 Å². The molecule has 0 spiro atoms. The topological polar surface area (TPSA) is 201 Å². The molecule has 6 aromatic rings. The van der Waals surface area contributed by atoms with Gasteiger partial charge in [-0.2, -0.15) is 0 Å². The number of benzene rings is 4. The van der Waals surface area contributed by atoms with Gasteiger partial charge in [0.1, 0.15) is 29.8 Å². The summed E-state index contributed by atoms with van der Waals surface area (Å²) in [6.07, 6.45) is 19.0. The molecule has 2 aromatic heterocycles. The van der Waals surface area contributed by atoms with Crippen molar-refractivity contribution in [2.24, 2.45) is 0 Å². The largest absolute Gasteiger partial charge is 0.490 e. The van der Waals surface area contributed by atoms with Gasteiger partial charge in [-0.05, 0) is 219 Å². The van der Waals surface area contributed by atoms with E-state index in [1.165, 1.54) is 22.3 Å². The van der Waals surface area contributed by atoms with Gasteiger partial charge >= 0.3 is 0 Å². The molecule has 0 saturated heterocycles. The van der Waals surface area contributed by atoms with Gasteiger partial charge in [0, 0.05) is 69.0 Å².